The fraction of sp³-hybridized carbons (Fsp3) is 0.545. The highest BCUT2D eigenvalue weighted by Crippen LogP contribution is 2.36. The second kappa shape index (κ2) is 8.25. The number of hydrogen-bond acceptors (Lipinski definition) is 5. The number of benzene rings is 1. The van der Waals surface area contributed by atoms with Gasteiger partial charge in [-0.2, -0.15) is 0 Å². The van der Waals surface area contributed by atoms with Crippen molar-refractivity contribution in [3.63, 3.8) is 0 Å². The fourth-order valence-electron chi connectivity index (χ4n) is 4.29. The lowest BCUT2D eigenvalue weighted by molar-refractivity contribution is -0.134. The number of aryl methyl sites for hydroxylation is 1. The molecule has 150 valence electrons. The second-order valence-corrected chi connectivity index (χ2v) is 7.91. The first-order chi connectivity index (χ1) is 13.7. The van der Waals surface area contributed by atoms with Gasteiger partial charge in [0.15, 0.2) is 18.1 Å². The van der Waals surface area contributed by atoms with E-state index < -0.39 is 0 Å². The third kappa shape index (κ3) is 3.86. The predicted molar refractivity (Wildman–Crippen MR) is 105 cm³/mol. The van der Waals surface area contributed by atoms with Crippen molar-refractivity contribution in [3.05, 3.63) is 41.3 Å². The summed E-state index contributed by atoms with van der Waals surface area (Å²) >= 11 is 0. The van der Waals surface area contributed by atoms with E-state index in [9.17, 15) is 4.79 Å². The molecule has 28 heavy (non-hydrogen) atoms. The Morgan fingerprint density at radius 1 is 1.21 bits per heavy atom. The van der Waals surface area contributed by atoms with Crippen LogP contribution in [0.4, 0.5) is 0 Å². The van der Waals surface area contributed by atoms with Gasteiger partial charge in [-0.15, -0.1) is 0 Å². The first kappa shape index (κ1) is 18.8. The van der Waals surface area contributed by atoms with Crippen LogP contribution >= 0.6 is 0 Å². The maximum atomic E-state index is 12.6. The number of piperidine rings is 1. The van der Waals surface area contributed by atoms with Crippen molar-refractivity contribution in [2.45, 2.75) is 44.9 Å². The molecule has 0 spiro atoms. The standard InChI is InChI=1S/C22H28N2O4/c1-15-7-8-18-17(13-15)22(28-23-18)16-9-11-24(12-10-16)21(25)14-27-20-6-4-3-5-19(20)26-2/h3-6,15-16H,7-14H2,1-2H3/t15-/m0/s1. The fourth-order valence-corrected chi connectivity index (χ4v) is 4.29. The second-order valence-electron chi connectivity index (χ2n) is 7.91. The molecule has 1 fully saturated rings. The molecule has 1 amide bonds. The number of nitrogens with zero attached hydrogens (tertiary/aromatic N) is 2. The van der Waals surface area contributed by atoms with Gasteiger partial charge in [-0.3, -0.25) is 4.79 Å². The normalized spacial score (nSPS) is 19.9. The number of fused-ring (bicyclic) bond motifs is 1. The summed E-state index contributed by atoms with van der Waals surface area (Å²) in [6.45, 7) is 3.77. The van der Waals surface area contributed by atoms with E-state index in [4.69, 9.17) is 14.0 Å². The van der Waals surface area contributed by atoms with E-state index in [1.54, 1.807) is 7.11 Å². The molecule has 6 nitrogen and oxygen atoms in total. The highest BCUT2D eigenvalue weighted by Gasteiger charge is 2.31. The van der Waals surface area contributed by atoms with Gasteiger partial charge in [-0.25, -0.2) is 0 Å². The molecule has 1 aliphatic heterocycles. The molecule has 2 heterocycles. The maximum absolute atomic E-state index is 12.6. The summed E-state index contributed by atoms with van der Waals surface area (Å²) in [6.07, 6.45) is 5.11. The smallest absolute Gasteiger partial charge is 0.260 e. The zero-order valence-electron chi connectivity index (χ0n) is 16.6. The number of para-hydroxylation sites is 2. The molecule has 1 atom stereocenters. The maximum Gasteiger partial charge on any atom is 0.260 e. The number of aromatic nitrogens is 1. The Morgan fingerprint density at radius 3 is 2.71 bits per heavy atom. The number of amides is 1. The molecule has 2 aliphatic rings. The van der Waals surface area contributed by atoms with E-state index >= 15 is 0 Å². The summed E-state index contributed by atoms with van der Waals surface area (Å²) in [5.74, 6) is 3.37. The van der Waals surface area contributed by atoms with E-state index in [2.05, 4.69) is 12.1 Å². The molecule has 0 saturated carbocycles. The summed E-state index contributed by atoms with van der Waals surface area (Å²) in [5, 5.41) is 4.31. The van der Waals surface area contributed by atoms with Crippen molar-refractivity contribution in [2.75, 3.05) is 26.8 Å². The highest BCUT2D eigenvalue weighted by atomic mass is 16.5. The van der Waals surface area contributed by atoms with E-state index in [1.807, 2.05) is 29.2 Å². The van der Waals surface area contributed by atoms with Crippen molar-refractivity contribution < 1.29 is 18.8 Å². The Kier molecular flexibility index (Phi) is 5.55. The van der Waals surface area contributed by atoms with Crippen LogP contribution < -0.4 is 9.47 Å². The molecule has 1 aliphatic carbocycles. The average Bonchev–Trinajstić information content (AvgIpc) is 3.15. The van der Waals surface area contributed by atoms with E-state index in [0.29, 0.717) is 23.3 Å². The molecule has 4 rings (SSSR count). The molecule has 6 heteroatoms. The molecule has 1 saturated heterocycles. The largest absolute Gasteiger partial charge is 0.493 e. The lowest BCUT2D eigenvalue weighted by Crippen LogP contribution is -2.40. The zero-order chi connectivity index (χ0) is 19.5. The summed E-state index contributed by atoms with van der Waals surface area (Å²) in [7, 11) is 1.59. The number of methoxy groups -OCH3 is 1. The van der Waals surface area contributed by atoms with Gasteiger partial charge in [0.1, 0.15) is 5.76 Å². The molecule has 2 aromatic rings. The van der Waals surface area contributed by atoms with Gasteiger partial charge >= 0.3 is 0 Å². The first-order valence-electron chi connectivity index (χ1n) is 10.2. The number of carbonyl (C=O) groups is 1. The number of ether oxygens (including phenoxy) is 2. The summed E-state index contributed by atoms with van der Waals surface area (Å²) < 4.78 is 16.7. The third-order valence-corrected chi connectivity index (χ3v) is 5.97. The Hall–Kier alpha value is -2.50. The van der Waals surface area contributed by atoms with Crippen molar-refractivity contribution in [3.8, 4) is 11.5 Å². The average molecular weight is 384 g/mol. The van der Waals surface area contributed by atoms with Gasteiger partial charge in [0.2, 0.25) is 0 Å². The molecular weight excluding hydrogens is 356 g/mol. The van der Waals surface area contributed by atoms with E-state index in [1.165, 1.54) is 12.0 Å². The van der Waals surface area contributed by atoms with Crippen molar-refractivity contribution >= 4 is 5.91 Å². The Bertz CT molecular complexity index is 824. The van der Waals surface area contributed by atoms with Crippen LogP contribution in [0.1, 0.15) is 49.1 Å². The van der Waals surface area contributed by atoms with Crippen LogP contribution in [-0.2, 0) is 17.6 Å². The van der Waals surface area contributed by atoms with E-state index in [-0.39, 0.29) is 12.5 Å². The van der Waals surface area contributed by atoms with Gasteiger partial charge in [-0.1, -0.05) is 24.2 Å². The van der Waals surface area contributed by atoms with Crippen LogP contribution in [0.5, 0.6) is 11.5 Å². The van der Waals surface area contributed by atoms with Crippen LogP contribution in [0.15, 0.2) is 28.8 Å². The minimum Gasteiger partial charge on any atom is -0.493 e. The van der Waals surface area contributed by atoms with Gasteiger partial charge in [0.05, 0.1) is 12.8 Å². The number of likely N-dealkylation sites (tertiary alicyclic amines) is 1. The number of carbonyl (C=O) groups excluding carboxylic acids is 1. The predicted octanol–water partition coefficient (Wildman–Crippen LogP) is 3.59. The monoisotopic (exact) mass is 384 g/mol. The summed E-state index contributed by atoms with van der Waals surface area (Å²) in [4.78, 5) is 14.5. The number of hydrogen-bond donors (Lipinski definition) is 0. The first-order valence-corrected chi connectivity index (χ1v) is 10.2. The van der Waals surface area contributed by atoms with Crippen LogP contribution in [0.25, 0.3) is 0 Å². The van der Waals surface area contributed by atoms with E-state index in [0.717, 1.165) is 50.2 Å². The van der Waals surface area contributed by atoms with Crippen molar-refractivity contribution in [1.82, 2.24) is 10.1 Å². The van der Waals surface area contributed by atoms with Crippen molar-refractivity contribution in [1.29, 1.82) is 0 Å². The Labute approximate surface area is 165 Å². The molecular formula is C22H28N2O4. The molecule has 1 aromatic heterocycles. The molecule has 0 bridgehead atoms. The third-order valence-electron chi connectivity index (χ3n) is 5.97. The van der Waals surface area contributed by atoms with Crippen LogP contribution in [-0.4, -0.2) is 42.8 Å². The van der Waals surface area contributed by atoms with Crippen LogP contribution in [0.3, 0.4) is 0 Å². The molecule has 0 radical (unpaired) electrons. The van der Waals surface area contributed by atoms with Gasteiger partial charge < -0.3 is 18.9 Å². The molecule has 0 N–H and O–H groups in total. The number of rotatable bonds is 5. The minimum atomic E-state index is 0.0116. The zero-order valence-corrected chi connectivity index (χ0v) is 16.6. The highest BCUT2D eigenvalue weighted by molar-refractivity contribution is 5.78. The van der Waals surface area contributed by atoms with Gasteiger partial charge in [-0.05, 0) is 50.2 Å². The summed E-state index contributed by atoms with van der Waals surface area (Å²) in [6, 6.07) is 7.38. The van der Waals surface area contributed by atoms with Crippen LogP contribution in [0.2, 0.25) is 0 Å². The van der Waals surface area contributed by atoms with Crippen LogP contribution in [0, 0.1) is 5.92 Å². The molecule has 0 unspecified atom stereocenters. The molecule has 1 aromatic carbocycles. The quantitative estimate of drug-likeness (QED) is 0.788. The lowest BCUT2D eigenvalue weighted by atomic mass is 9.83. The Balaban J connectivity index is 1.32. The SMILES string of the molecule is COc1ccccc1OCC(=O)N1CCC(c2onc3c2C[C@@H](C)CC3)CC1. The van der Waals surface area contributed by atoms with Gasteiger partial charge in [0, 0.05) is 24.6 Å². The Morgan fingerprint density at radius 2 is 1.96 bits per heavy atom. The minimum absolute atomic E-state index is 0.0116. The summed E-state index contributed by atoms with van der Waals surface area (Å²) in [5.41, 5.74) is 2.49. The van der Waals surface area contributed by atoms with Gasteiger partial charge in [0.25, 0.3) is 5.91 Å². The topological polar surface area (TPSA) is 64.8 Å². The van der Waals surface area contributed by atoms with Crippen molar-refractivity contribution in [2.24, 2.45) is 5.92 Å². The lowest BCUT2D eigenvalue weighted by Gasteiger charge is -2.31.